The van der Waals surface area contributed by atoms with E-state index in [1.165, 1.54) is 12.1 Å². The summed E-state index contributed by atoms with van der Waals surface area (Å²) in [4.78, 5) is 2.14. The van der Waals surface area contributed by atoms with Crippen molar-refractivity contribution in [2.24, 2.45) is 5.92 Å². The first-order chi connectivity index (χ1) is 9.62. The third-order valence-electron chi connectivity index (χ3n) is 3.78. The second kappa shape index (κ2) is 7.27. The number of nitrogens with one attached hydrogen (secondary N) is 1. The number of benzene rings is 1. The van der Waals surface area contributed by atoms with Crippen LogP contribution in [0, 0.1) is 5.92 Å². The monoisotopic (exact) mass is 302 g/mol. The van der Waals surface area contributed by atoms with Gasteiger partial charge < -0.3 is 10.2 Å². The van der Waals surface area contributed by atoms with Crippen molar-refractivity contribution >= 4 is 0 Å². The number of alkyl halides is 3. The maximum atomic E-state index is 12.7. The Kier molecular flexibility index (Phi) is 6.23. The molecule has 0 saturated carbocycles. The summed E-state index contributed by atoms with van der Waals surface area (Å²) in [5, 5.41) is 3.33. The molecular formula is C16H25F3N2. The van der Waals surface area contributed by atoms with Crippen molar-refractivity contribution in [1.82, 2.24) is 10.2 Å². The highest BCUT2D eigenvalue weighted by atomic mass is 19.4. The molecular weight excluding hydrogens is 277 g/mol. The summed E-state index contributed by atoms with van der Waals surface area (Å²) < 4.78 is 38.2. The van der Waals surface area contributed by atoms with E-state index in [4.69, 9.17) is 0 Å². The van der Waals surface area contributed by atoms with Crippen molar-refractivity contribution in [2.75, 3.05) is 20.6 Å². The van der Waals surface area contributed by atoms with E-state index in [1.54, 1.807) is 6.07 Å². The van der Waals surface area contributed by atoms with Crippen LogP contribution in [0.3, 0.4) is 0 Å². The molecule has 0 fully saturated rings. The Hall–Kier alpha value is -1.07. The Labute approximate surface area is 125 Å². The molecule has 0 bridgehead atoms. The Bertz CT molecular complexity index is 433. The van der Waals surface area contributed by atoms with Crippen LogP contribution in [0.1, 0.15) is 37.9 Å². The summed E-state index contributed by atoms with van der Waals surface area (Å²) in [6, 6.07) is 5.74. The molecule has 0 aliphatic heterocycles. The molecule has 2 atom stereocenters. The van der Waals surface area contributed by atoms with Crippen LogP contribution in [0.5, 0.6) is 0 Å². The van der Waals surface area contributed by atoms with Gasteiger partial charge in [0, 0.05) is 18.6 Å². The highest BCUT2D eigenvalue weighted by Gasteiger charge is 2.30. The van der Waals surface area contributed by atoms with Gasteiger partial charge in [0.2, 0.25) is 0 Å². The molecule has 1 aromatic carbocycles. The van der Waals surface area contributed by atoms with Gasteiger partial charge in [-0.3, -0.25) is 0 Å². The minimum absolute atomic E-state index is 0.117. The average molecular weight is 302 g/mol. The van der Waals surface area contributed by atoms with Gasteiger partial charge >= 0.3 is 6.18 Å². The maximum absolute atomic E-state index is 12.7. The number of likely N-dealkylation sites (N-methyl/N-ethyl adjacent to an activating group) is 1. The standard InChI is InChI=1S/C16H25F3N2/c1-11(2)15(21(4)5)10-20-12(3)13-7-6-8-14(9-13)16(17,18)19/h6-9,11-12,15,20H,10H2,1-5H3. The van der Waals surface area contributed by atoms with E-state index in [0.29, 0.717) is 17.5 Å². The zero-order valence-electron chi connectivity index (χ0n) is 13.3. The predicted octanol–water partition coefficient (Wildman–Crippen LogP) is 3.94. The predicted molar refractivity (Wildman–Crippen MR) is 80.2 cm³/mol. The Balaban J connectivity index is 2.74. The van der Waals surface area contributed by atoms with E-state index in [2.05, 4.69) is 24.1 Å². The molecule has 21 heavy (non-hydrogen) atoms. The van der Waals surface area contributed by atoms with Gasteiger partial charge in [-0.15, -0.1) is 0 Å². The van der Waals surface area contributed by atoms with Crippen molar-refractivity contribution in [3.8, 4) is 0 Å². The first kappa shape index (κ1) is 18.0. The van der Waals surface area contributed by atoms with Gasteiger partial charge in [0.15, 0.2) is 0 Å². The van der Waals surface area contributed by atoms with Crippen LogP contribution in [-0.4, -0.2) is 31.6 Å². The molecule has 5 heteroatoms. The second-order valence-electron chi connectivity index (χ2n) is 6.03. The lowest BCUT2D eigenvalue weighted by atomic mass is 10.0. The first-order valence-electron chi connectivity index (χ1n) is 7.20. The highest BCUT2D eigenvalue weighted by Crippen LogP contribution is 2.30. The number of hydrogen-bond acceptors (Lipinski definition) is 2. The maximum Gasteiger partial charge on any atom is 0.416 e. The van der Waals surface area contributed by atoms with Gasteiger partial charge in [-0.2, -0.15) is 13.2 Å². The minimum atomic E-state index is -4.29. The first-order valence-corrected chi connectivity index (χ1v) is 7.20. The van der Waals surface area contributed by atoms with Crippen LogP contribution in [-0.2, 0) is 6.18 Å². The lowest BCUT2D eigenvalue weighted by molar-refractivity contribution is -0.137. The fraction of sp³-hybridized carbons (Fsp3) is 0.625. The molecule has 0 heterocycles. The van der Waals surface area contributed by atoms with E-state index in [0.717, 1.165) is 12.6 Å². The SMILES string of the molecule is CC(NCC(C(C)C)N(C)C)c1cccc(C(F)(F)F)c1. The van der Waals surface area contributed by atoms with Crippen LogP contribution in [0.15, 0.2) is 24.3 Å². The largest absolute Gasteiger partial charge is 0.416 e. The van der Waals surface area contributed by atoms with E-state index in [-0.39, 0.29) is 6.04 Å². The number of hydrogen-bond donors (Lipinski definition) is 1. The normalized spacial score (nSPS) is 15.5. The van der Waals surface area contributed by atoms with Crippen LogP contribution < -0.4 is 5.32 Å². The topological polar surface area (TPSA) is 15.3 Å². The lowest BCUT2D eigenvalue weighted by Crippen LogP contribution is -2.42. The van der Waals surface area contributed by atoms with Gasteiger partial charge in [0.25, 0.3) is 0 Å². The molecule has 1 rings (SSSR count). The lowest BCUT2D eigenvalue weighted by Gasteiger charge is -2.29. The quantitative estimate of drug-likeness (QED) is 0.856. The zero-order chi connectivity index (χ0) is 16.2. The molecule has 120 valence electrons. The van der Waals surface area contributed by atoms with Gasteiger partial charge in [-0.25, -0.2) is 0 Å². The molecule has 0 saturated heterocycles. The van der Waals surface area contributed by atoms with Crippen molar-refractivity contribution in [3.05, 3.63) is 35.4 Å². The Morgan fingerprint density at radius 1 is 1.14 bits per heavy atom. The molecule has 0 radical (unpaired) electrons. The van der Waals surface area contributed by atoms with E-state index < -0.39 is 11.7 Å². The second-order valence-corrected chi connectivity index (χ2v) is 6.03. The summed E-state index contributed by atoms with van der Waals surface area (Å²) in [6.07, 6.45) is -4.29. The van der Waals surface area contributed by atoms with Crippen molar-refractivity contribution in [1.29, 1.82) is 0 Å². The van der Waals surface area contributed by atoms with Crippen LogP contribution in [0.4, 0.5) is 13.2 Å². The van der Waals surface area contributed by atoms with Crippen molar-refractivity contribution in [2.45, 2.75) is 39.0 Å². The molecule has 0 spiro atoms. The molecule has 2 nitrogen and oxygen atoms in total. The molecule has 2 unspecified atom stereocenters. The summed E-state index contributed by atoms with van der Waals surface area (Å²) in [5.41, 5.74) is 0.0627. The molecule has 0 aliphatic carbocycles. The fourth-order valence-electron chi connectivity index (χ4n) is 2.41. The highest BCUT2D eigenvalue weighted by molar-refractivity contribution is 5.27. The minimum Gasteiger partial charge on any atom is -0.309 e. The summed E-state index contributed by atoms with van der Waals surface area (Å²) >= 11 is 0. The van der Waals surface area contributed by atoms with E-state index in [9.17, 15) is 13.2 Å². The van der Waals surface area contributed by atoms with Gasteiger partial charge in [0.05, 0.1) is 5.56 Å². The zero-order valence-corrected chi connectivity index (χ0v) is 13.3. The molecule has 0 aliphatic rings. The smallest absolute Gasteiger partial charge is 0.309 e. The molecule has 1 aromatic rings. The molecule has 1 N–H and O–H groups in total. The average Bonchev–Trinajstić information content (AvgIpc) is 2.37. The summed E-state index contributed by atoms with van der Waals surface area (Å²) in [6.45, 7) is 6.91. The van der Waals surface area contributed by atoms with Gasteiger partial charge in [0.1, 0.15) is 0 Å². The van der Waals surface area contributed by atoms with Crippen molar-refractivity contribution in [3.63, 3.8) is 0 Å². The fourth-order valence-corrected chi connectivity index (χ4v) is 2.41. The number of rotatable bonds is 6. The Morgan fingerprint density at radius 2 is 1.76 bits per heavy atom. The summed E-state index contributed by atoms with van der Waals surface area (Å²) in [5.74, 6) is 0.473. The van der Waals surface area contributed by atoms with Gasteiger partial charge in [-0.1, -0.05) is 26.0 Å². The number of halogens is 3. The van der Waals surface area contributed by atoms with Crippen molar-refractivity contribution < 1.29 is 13.2 Å². The van der Waals surface area contributed by atoms with Crippen LogP contribution in [0.25, 0.3) is 0 Å². The number of nitrogens with zero attached hydrogens (tertiary/aromatic N) is 1. The van der Waals surface area contributed by atoms with Crippen LogP contribution in [0.2, 0.25) is 0 Å². The molecule has 0 aromatic heterocycles. The molecule has 0 amide bonds. The van der Waals surface area contributed by atoms with Gasteiger partial charge in [-0.05, 0) is 44.6 Å². The van der Waals surface area contributed by atoms with E-state index >= 15 is 0 Å². The third kappa shape index (κ3) is 5.32. The van der Waals surface area contributed by atoms with E-state index in [1.807, 2.05) is 21.0 Å². The van der Waals surface area contributed by atoms with Crippen LogP contribution >= 0.6 is 0 Å². The Morgan fingerprint density at radius 3 is 2.24 bits per heavy atom. The summed E-state index contributed by atoms with van der Waals surface area (Å²) in [7, 11) is 4.03. The third-order valence-corrected chi connectivity index (χ3v) is 3.78.